The summed E-state index contributed by atoms with van der Waals surface area (Å²) in [5.74, 6) is 0.722. The molecule has 1 aliphatic rings. The van der Waals surface area contributed by atoms with E-state index in [1.165, 1.54) is 6.07 Å². The van der Waals surface area contributed by atoms with Crippen LogP contribution in [0.4, 0.5) is 16.2 Å². The van der Waals surface area contributed by atoms with Crippen molar-refractivity contribution in [3.05, 3.63) is 42.6 Å². The highest BCUT2D eigenvalue weighted by molar-refractivity contribution is 5.45. The van der Waals surface area contributed by atoms with Crippen molar-refractivity contribution >= 4 is 11.8 Å². The molecule has 3 heterocycles. The van der Waals surface area contributed by atoms with Crippen molar-refractivity contribution in [2.45, 2.75) is 6.04 Å². The number of aromatic nitrogens is 3. The lowest BCUT2D eigenvalue weighted by Gasteiger charge is -2.40. The maximum absolute atomic E-state index is 13.5. The highest BCUT2D eigenvalue weighted by Gasteiger charge is 2.29. The maximum atomic E-state index is 13.5. The van der Waals surface area contributed by atoms with Crippen molar-refractivity contribution in [3.63, 3.8) is 0 Å². The van der Waals surface area contributed by atoms with E-state index in [1.807, 2.05) is 4.90 Å². The second-order valence-corrected chi connectivity index (χ2v) is 4.13. The lowest BCUT2D eigenvalue weighted by molar-refractivity contribution is 0.519. The molecule has 1 aliphatic heterocycles. The number of hydrogen-bond donors (Lipinski definition) is 1. The van der Waals surface area contributed by atoms with Crippen molar-refractivity contribution in [1.82, 2.24) is 15.0 Å². The average molecular weight is 245 g/mol. The van der Waals surface area contributed by atoms with E-state index in [-0.39, 0.29) is 11.9 Å². The SMILES string of the molecule is Fc1cccnc1N1CC(Nc2ncccn2)C1. The van der Waals surface area contributed by atoms with E-state index in [9.17, 15) is 4.39 Å². The van der Waals surface area contributed by atoms with Gasteiger partial charge in [-0.3, -0.25) is 0 Å². The predicted molar refractivity (Wildman–Crippen MR) is 65.9 cm³/mol. The summed E-state index contributed by atoms with van der Waals surface area (Å²) in [5, 5.41) is 3.18. The molecule has 0 bridgehead atoms. The summed E-state index contributed by atoms with van der Waals surface area (Å²) >= 11 is 0. The first kappa shape index (κ1) is 10.9. The fourth-order valence-corrected chi connectivity index (χ4v) is 1.91. The van der Waals surface area contributed by atoms with Gasteiger partial charge < -0.3 is 10.2 Å². The van der Waals surface area contributed by atoms with Gasteiger partial charge in [0, 0.05) is 31.7 Å². The second kappa shape index (κ2) is 4.56. The van der Waals surface area contributed by atoms with Crippen LogP contribution in [0.2, 0.25) is 0 Å². The zero-order chi connectivity index (χ0) is 12.4. The van der Waals surface area contributed by atoms with Crippen LogP contribution in [0, 0.1) is 5.82 Å². The van der Waals surface area contributed by atoms with E-state index in [0.29, 0.717) is 24.9 Å². The number of rotatable bonds is 3. The Morgan fingerprint density at radius 1 is 1.11 bits per heavy atom. The molecule has 0 radical (unpaired) electrons. The zero-order valence-corrected chi connectivity index (χ0v) is 9.62. The summed E-state index contributed by atoms with van der Waals surface area (Å²) in [6.07, 6.45) is 4.97. The van der Waals surface area contributed by atoms with Gasteiger partial charge in [-0.2, -0.15) is 0 Å². The van der Waals surface area contributed by atoms with Gasteiger partial charge in [0.05, 0.1) is 6.04 Å². The molecule has 2 aromatic rings. The molecule has 0 unspecified atom stereocenters. The molecule has 18 heavy (non-hydrogen) atoms. The molecular weight excluding hydrogens is 233 g/mol. The van der Waals surface area contributed by atoms with E-state index in [4.69, 9.17) is 0 Å². The summed E-state index contributed by atoms with van der Waals surface area (Å²) in [5.41, 5.74) is 0. The van der Waals surface area contributed by atoms with E-state index < -0.39 is 0 Å². The summed E-state index contributed by atoms with van der Waals surface area (Å²) in [7, 11) is 0. The van der Waals surface area contributed by atoms with E-state index in [0.717, 1.165) is 0 Å². The van der Waals surface area contributed by atoms with Crippen LogP contribution in [0.15, 0.2) is 36.8 Å². The van der Waals surface area contributed by atoms with Crippen LogP contribution in [0.5, 0.6) is 0 Å². The largest absolute Gasteiger partial charge is 0.350 e. The highest BCUT2D eigenvalue weighted by atomic mass is 19.1. The van der Waals surface area contributed by atoms with Gasteiger partial charge in [-0.1, -0.05) is 0 Å². The number of halogens is 1. The number of nitrogens with zero attached hydrogens (tertiary/aromatic N) is 4. The average Bonchev–Trinajstić information content (AvgIpc) is 2.36. The topological polar surface area (TPSA) is 53.9 Å². The Labute approximate surface area is 104 Å². The van der Waals surface area contributed by atoms with E-state index in [2.05, 4.69) is 20.3 Å². The Morgan fingerprint density at radius 2 is 1.83 bits per heavy atom. The third-order valence-electron chi connectivity index (χ3n) is 2.82. The summed E-state index contributed by atoms with van der Waals surface area (Å²) in [6.45, 7) is 1.40. The lowest BCUT2D eigenvalue weighted by Crippen LogP contribution is -2.55. The smallest absolute Gasteiger partial charge is 0.222 e. The molecule has 0 atom stereocenters. The van der Waals surface area contributed by atoms with Crippen molar-refractivity contribution in [2.24, 2.45) is 0 Å². The number of pyridine rings is 1. The third kappa shape index (κ3) is 2.09. The molecule has 0 amide bonds. The minimum absolute atomic E-state index is 0.230. The molecule has 3 rings (SSSR count). The zero-order valence-electron chi connectivity index (χ0n) is 9.62. The molecule has 0 aromatic carbocycles. The van der Waals surface area contributed by atoms with Crippen molar-refractivity contribution < 1.29 is 4.39 Å². The minimum atomic E-state index is -0.285. The van der Waals surface area contributed by atoms with Crippen LogP contribution in [-0.4, -0.2) is 34.1 Å². The standard InChI is InChI=1S/C12H12FN5/c13-10-3-1-4-14-11(10)18-7-9(8-18)17-12-15-5-2-6-16-12/h1-6,9H,7-8H2,(H,15,16,17). The van der Waals surface area contributed by atoms with Crippen LogP contribution in [0.3, 0.4) is 0 Å². The van der Waals surface area contributed by atoms with Crippen molar-refractivity contribution in [3.8, 4) is 0 Å². The fraction of sp³-hybridized carbons (Fsp3) is 0.250. The Balaban J connectivity index is 1.59. The maximum Gasteiger partial charge on any atom is 0.222 e. The molecule has 92 valence electrons. The van der Waals surface area contributed by atoms with Crippen LogP contribution >= 0.6 is 0 Å². The Hall–Kier alpha value is -2.24. The minimum Gasteiger partial charge on any atom is -0.350 e. The quantitative estimate of drug-likeness (QED) is 0.883. The molecule has 0 aliphatic carbocycles. The van der Waals surface area contributed by atoms with E-state index in [1.54, 1.807) is 30.7 Å². The first-order valence-corrected chi connectivity index (χ1v) is 5.72. The van der Waals surface area contributed by atoms with Gasteiger partial charge in [0.1, 0.15) is 0 Å². The predicted octanol–water partition coefficient (Wildman–Crippen LogP) is 1.31. The molecule has 5 nitrogen and oxygen atoms in total. The normalized spacial score (nSPS) is 15.3. The third-order valence-corrected chi connectivity index (χ3v) is 2.82. The van der Waals surface area contributed by atoms with Crippen LogP contribution in [0.25, 0.3) is 0 Å². The molecular formula is C12H12FN5. The number of hydrogen-bond acceptors (Lipinski definition) is 5. The van der Waals surface area contributed by atoms with Gasteiger partial charge in [0.15, 0.2) is 11.6 Å². The van der Waals surface area contributed by atoms with Gasteiger partial charge in [-0.15, -0.1) is 0 Å². The van der Waals surface area contributed by atoms with Gasteiger partial charge in [0.25, 0.3) is 0 Å². The Bertz CT molecular complexity index is 527. The molecule has 2 aromatic heterocycles. The first-order chi connectivity index (χ1) is 8.83. The van der Waals surface area contributed by atoms with Crippen molar-refractivity contribution in [1.29, 1.82) is 0 Å². The second-order valence-electron chi connectivity index (χ2n) is 4.13. The molecule has 1 N–H and O–H groups in total. The van der Waals surface area contributed by atoms with Crippen molar-refractivity contribution in [2.75, 3.05) is 23.3 Å². The lowest BCUT2D eigenvalue weighted by atomic mass is 10.1. The van der Waals surface area contributed by atoms with Gasteiger partial charge in [-0.05, 0) is 18.2 Å². The van der Waals surface area contributed by atoms with Gasteiger partial charge in [-0.25, -0.2) is 19.3 Å². The molecule has 1 saturated heterocycles. The van der Waals surface area contributed by atoms with Gasteiger partial charge in [0.2, 0.25) is 5.95 Å². The summed E-state index contributed by atoms with van der Waals surface area (Å²) in [4.78, 5) is 14.1. The summed E-state index contributed by atoms with van der Waals surface area (Å²) in [6, 6.07) is 5.01. The first-order valence-electron chi connectivity index (χ1n) is 5.72. The Morgan fingerprint density at radius 3 is 2.56 bits per heavy atom. The molecule has 0 spiro atoms. The van der Waals surface area contributed by atoms with Crippen LogP contribution < -0.4 is 10.2 Å². The summed E-state index contributed by atoms with van der Waals surface area (Å²) < 4.78 is 13.5. The monoisotopic (exact) mass is 245 g/mol. The highest BCUT2D eigenvalue weighted by Crippen LogP contribution is 2.22. The van der Waals surface area contributed by atoms with Gasteiger partial charge >= 0.3 is 0 Å². The fourth-order valence-electron chi connectivity index (χ4n) is 1.91. The number of anilines is 2. The Kier molecular flexibility index (Phi) is 2.76. The number of nitrogens with one attached hydrogen (secondary N) is 1. The van der Waals surface area contributed by atoms with Crippen LogP contribution in [-0.2, 0) is 0 Å². The molecule has 1 fully saturated rings. The molecule has 0 saturated carbocycles. The van der Waals surface area contributed by atoms with E-state index >= 15 is 0 Å². The molecule has 6 heteroatoms. The van der Waals surface area contributed by atoms with Crippen LogP contribution in [0.1, 0.15) is 0 Å².